The van der Waals surface area contributed by atoms with Crippen molar-refractivity contribution in [1.29, 1.82) is 0 Å². The molecule has 1 heterocycles. The summed E-state index contributed by atoms with van der Waals surface area (Å²) >= 11 is 0. The van der Waals surface area contributed by atoms with E-state index in [1.165, 1.54) is 14.1 Å². The maximum absolute atomic E-state index is 11.8. The quantitative estimate of drug-likeness (QED) is 0.417. The van der Waals surface area contributed by atoms with Gasteiger partial charge in [-0.25, -0.2) is 4.79 Å². The zero-order valence-corrected chi connectivity index (χ0v) is 11.9. The second-order valence-electron chi connectivity index (χ2n) is 4.56. The molecule has 9 heteroatoms. The summed E-state index contributed by atoms with van der Waals surface area (Å²) in [5, 5.41) is 20.3. The number of carboxylic acid groups (broad SMARTS) is 1. The minimum atomic E-state index is -0.845. The third-order valence-corrected chi connectivity index (χ3v) is 3.02. The van der Waals surface area contributed by atoms with Crippen molar-refractivity contribution in [2.75, 3.05) is 20.6 Å². The van der Waals surface area contributed by atoms with Crippen LogP contribution in [0.1, 0.15) is 25.7 Å². The molecule has 21 heavy (non-hydrogen) atoms. The number of oxime groups is 1. The lowest BCUT2D eigenvalue weighted by Gasteiger charge is -2.30. The van der Waals surface area contributed by atoms with Gasteiger partial charge in [0.15, 0.2) is 5.84 Å². The maximum Gasteiger partial charge on any atom is 0.332 e. The third-order valence-electron chi connectivity index (χ3n) is 3.02. The first-order valence-electron chi connectivity index (χ1n) is 6.44. The van der Waals surface area contributed by atoms with E-state index in [0.29, 0.717) is 25.8 Å². The average molecular weight is 298 g/mol. The molecule has 0 atom stereocenters. The summed E-state index contributed by atoms with van der Waals surface area (Å²) < 4.78 is 0. The smallest absolute Gasteiger partial charge is 0.332 e. The number of carbonyl (C=O) groups is 3. The second-order valence-corrected chi connectivity index (χ2v) is 4.56. The molecule has 1 aliphatic rings. The van der Waals surface area contributed by atoms with Gasteiger partial charge in [-0.05, 0) is 12.8 Å². The molecule has 1 rings (SSSR count). The van der Waals surface area contributed by atoms with Gasteiger partial charge in [0.1, 0.15) is 0 Å². The fourth-order valence-electron chi connectivity index (χ4n) is 1.83. The standard InChI is InChI=1S/C12H18N4O5/c1-15-10(13-7-5-3-4-6-8(17)18)9(14-21)11(19)16(2)12(15)20/h21H,3-7H2,1-2H3,(H,17,18). The van der Waals surface area contributed by atoms with E-state index in [-0.39, 0.29) is 18.0 Å². The summed E-state index contributed by atoms with van der Waals surface area (Å²) in [7, 11) is 2.72. The zero-order valence-electron chi connectivity index (χ0n) is 11.9. The van der Waals surface area contributed by atoms with Crippen molar-refractivity contribution in [1.82, 2.24) is 9.80 Å². The zero-order chi connectivity index (χ0) is 16.0. The number of carboxylic acids is 1. The molecule has 0 bridgehead atoms. The molecule has 0 aliphatic carbocycles. The number of aliphatic imine (C=N–C) groups is 1. The molecule has 9 nitrogen and oxygen atoms in total. The number of unbranched alkanes of at least 4 members (excludes halogenated alkanes) is 2. The van der Waals surface area contributed by atoms with Gasteiger partial charge < -0.3 is 10.3 Å². The lowest BCUT2D eigenvalue weighted by molar-refractivity contribution is -0.137. The molecule has 0 aromatic carbocycles. The molecule has 1 saturated heterocycles. The fourth-order valence-corrected chi connectivity index (χ4v) is 1.83. The number of hydrogen-bond acceptors (Lipinski definition) is 6. The number of hydrogen-bond donors (Lipinski definition) is 2. The summed E-state index contributed by atoms with van der Waals surface area (Å²) in [6.07, 6.45) is 1.92. The van der Waals surface area contributed by atoms with Gasteiger partial charge in [-0.2, -0.15) is 0 Å². The van der Waals surface area contributed by atoms with Gasteiger partial charge in [0.2, 0.25) is 5.71 Å². The minimum absolute atomic E-state index is 0.0174. The van der Waals surface area contributed by atoms with Gasteiger partial charge in [-0.15, -0.1) is 0 Å². The van der Waals surface area contributed by atoms with E-state index in [0.717, 1.165) is 9.80 Å². The van der Waals surface area contributed by atoms with Crippen LogP contribution in [0.5, 0.6) is 0 Å². The lowest BCUT2D eigenvalue weighted by Crippen LogP contribution is -2.57. The third kappa shape index (κ3) is 4.01. The van der Waals surface area contributed by atoms with Gasteiger partial charge in [-0.1, -0.05) is 11.6 Å². The molecule has 0 aromatic heterocycles. The van der Waals surface area contributed by atoms with E-state index < -0.39 is 17.9 Å². The lowest BCUT2D eigenvalue weighted by atomic mass is 10.2. The largest absolute Gasteiger partial charge is 0.481 e. The molecule has 1 fully saturated rings. The summed E-state index contributed by atoms with van der Waals surface area (Å²) in [5.41, 5.74) is -0.287. The highest BCUT2D eigenvalue weighted by Gasteiger charge is 2.38. The fraction of sp³-hybridized carbons (Fsp3) is 0.583. The Balaban J connectivity index is 2.65. The average Bonchev–Trinajstić information content (AvgIpc) is 2.45. The van der Waals surface area contributed by atoms with Crippen LogP contribution < -0.4 is 0 Å². The summed E-state index contributed by atoms with van der Waals surface area (Å²) in [4.78, 5) is 40.0. The van der Waals surface area contributed by atoms with Crippen molar-refractivity contribution in [2.24, 2.45) is 10.1 Å². The van der Waals surface area contributed by atoms with E-state index in [4.69, 9.17) is 10.3 Å². The van der Waals surface area contributed by atoms with Crippen molar-refractivity contribution in [3.63, 3.8) is 0 Å². The van der Waals surface area contributed by atoms with Gasteiger partial charge in [0.05, 0.1) is 0 Å². The Morgan fingerprint density at radius 2 is 1.81 bits per heavy atom. The van der Waals surface area contributed by atoms with Crippen molar-refractivity contribution in [3.05, 3.63) is 0 Å². The topological polar surface area (TPSA) is 123 Å². The molecule has 0 spiro atoms. The van der Waals surface area contributed by atoms with E-state index >= 15 is 0 Å². The van der Waals surface area contributed by atoms with E-state index in [9.17, 15) is 14.4 Å². The first-order chi connectivity index (χ1) is 9.90. The number of imide groups is 1. The van der Waals surface area contributed by atoms with Crippen LogP contribution in [0.25, 0.3) is 0 Å². The highest BCUT2D eigenvalue weighted by molar-refractivity contribution is 6.69. The molecular weight excluding hydrogens is 280 g/mol. The van der Waals surface area contributed by atoms with Crippen molar-refractivity contribution < 1.29 is 24.7 Å². The maximum atomic E-state index is 11.8. The Morgan fingerprint density at radius 1 is 1.14 bits per heavy atom. The predicted octanol–water partition coefficient (Wildman–Crippen LogP) is 0.384. The molecule has 3 amide bonds. The van der Waals surface area contributed by atoms with Crippen molar-refractivity contribution in [3.8, 4) is 0 Å². The van der Waals surface area contributed by atoms with E-state index in [1.54, 1.807) is 0 Å². The summed E-state index contributed by atoms with van der Waals surface area (Å²) in [6.45, 7) is 0.308. The Kier molecular flexibility index (Phi) is 5.82. The van der Waals surface area contributed by atoms with Crippen LogP contribution in [-0.2, 0) is 9.59 Å². The summed E-state index contributed by atoms with van der Waals surface area (Å²) in [6, 6.07) is -0.558. The van der Waals surface area contributed by atoms with Crippen LogP contribution in [0.3, 0.4) is 0 Å². The first-order valence-corrected chi connectivity index (χ1v) is 6.44. The number of nitrogens with zero attached hydrogens (tertiary/aromatic N) is 4. The number of urea groups is 1. The molecule has 0 aromatic rings. The molecule has 116 valence electrons. The van der Waals surface area contributed by atoms with Crippen LogP contribution >= 0.6 is 0 Å². The van der Waals surface area contributed by atoms with Gasteiger partial charge in [-0.3, -0.25) is 24.4 Å². The molecule has 1 aliphatic heterocycles. The number of aliphatic carboxylic acids is 1. The van der Waals surface area contributed by atoms with Crippen molar-refractivity contribution in [2.45, 2.75) is 25.7 Å². The monoisotopic (exact) mass is 298 g/mol. The second kappa shape index (κ2) is 7.36. The normalized spacial score (nSPS) is 19.7. The van der Waals surface area contributed by atoms with Crippen LogP contribution in [0.15, 0.2) is 10.1 Å². The molecule has 0 unspecified atom stereocenters. The molecular formula is C12H18N4O5. The molecule has 0 saturated carbocycles. The van der Waals surface area contributed by atoms with Crippen LogP contribution in [0.2, 0.25) is 0 Å². The Hall–Kier alpha value is -2.45. The van der Waals surface area contributed by atoms with Gasteiger partial charge in [0, 0.05) is 27.1 Å². The highest BCUT2D eigenvalue weighted by atomic mass is 16.4. The van der Waals surface area contributed by atoms with Crippen LogP contribution in [-0.4, -0.2) is 70.2 Å². The van der Waals surface area contributed by atoms with Gasteiger partial charge >= 0.3 is 12.0 Å². The Morgan fingerprint density at radius 3 is 2.38 bits per heavy atom. The Bertz CT molecular complexity index is 500. The number of amides is 3. The van der Waals surface area contributed by atoms with E-state index in [1.807, 2.05) is 0 Å². The van der Waals surface area contributed by atoms with E-state index in [2.05, 4.69) is 10.1 Å². The van der Waals surface area contributed by atoms with Crippen molar-refractivity contribution >= 4 is 29.5 Å². The number of rotatable bonds is 6. The van der Waals surface area contributed by atoms with Crippen LogP contribution in [0.4, 0.5) is 4.79 Å². The predicted molar refractivity (Wildman–Crippen MR) is 73.6 cm³/mol. The summed E-state index contributed by atoms with van der Waals surface area (Å²) in [5.74, 6) is -1.55. The number of amidine groups is 1. The number of carbonyl (C=O) groups excluding carboxylic acids is 2. The highest BCUT2D eigenvalue weighted by Crippen LogP contribution is 2.09. The molecule has 0 radical (unpaired) electrons. The minimum Gasteiger partial charge on any atom is -0.481 e. The Labute approximate surface area is 121 Å². The van der Waals surface area contributed by atoms with Crippen LogP contribution in [0, 0.1) is 0 Å². The first kappa shape index (κ1) is 16.6. The van der Waals surface area contributed by atoms with Gasteiger partial charge in [0.25, 0.3) is 5.91 Å². The SMILES string of the molecule is CN1C(=O)C(=NO)C(=NCCCCCC(=O)O)N(C)C1=O. The molecule has 2 N–H and O–H groups in total.